The molecule has 0 bridgehead atoms. The van der Waals surface area contributed by atoms with E-state index in [2.05, 4.69) is 17.9 Å². The number of carbonyl (C=O) groups is 2. The van der Waals surface area contributed by atoms with Crippen molar-refractivity contribution in [1.82, 2.24) is 5.32 Å². The van der Waals surface area contributed by atoms with Gasteiger partial charge < -0.3 is 21.3 Å². The van der Waals surface area contributed by atoms with E-state index in [-0.39, 0.29) is 12.4 Å². The molecule has 0 spiro atoms. The number of nitrogens with one attached hydrogen (secondary N) is 1. The van der Waals surface area contributed by atoms with Crippen molar-refractivity contribution in [3.05, 3.63) is 0 Å². The molecule has 1 amide bonds. The van der Waals surface area contributed by atoms with Gasteiger partial charge in [-0.25, -0.2) is 4.79 Å². The van der Waals surface area contributed by atoms with E-state index in [4.69, 9.17) is 15.9 Å². The summed E-state index contributed by atoms with van der Waals surface area (Å²) in [6, 6.07) is -0.807. The molecule has 0 aromatic heterocycles. The van der Waals surface area contributed by atoms with Gasteiger partial charge >= 0.3 is 5.97 Å². The molecule has 0 aromatic rings. The van der Waals surface area contributed by atoms with E-state index in [9.17, 15) is 9.59 Å². The first kappa shape index (κ1) is 16.6. The first-order valence-electron chi connectivity index (χ1n) is 5.15. The number of aliphatic hydroxyl groups excluding tert-OH is 1. The van der Waals surface area contributed by atoms with Gasteiger partial charge in [-0.3, -0.25) is 4.79 Å². The normalized spacial score (nSPS) is 14.1. The molecule has 2 unspecified atom stereocenters. The highest BCUT2D eigenvalue weighted by Crippen LogP contribution is 2.11. The van der Waals surface area contributed by atoms with Crippen molar-refractivity contribution in [3.8, 4) is 0 Å². The number of unbranched alkanes of at least 4 members (excludes halogenated alkanes) is 1. The lowest BCUT2D eigenvalue weighted by molar-refractivity contribution is -0.139. The maximum absolute atomic E-state index is 11.4. The second-order valence-electron chi connectivity index (χ2n) is 3.32. The van der Waals surface area contributed by atoms with E-state index < -0.39 is 23.3 Å². The molecule has 5 N–H and O–H groups in total. The van der Waals surface area contributed by atoms with E-state index >= 15 is 0 Å². The summed E-state index contributed by atoms with van der Waals surface area (Å²) in [4.78, 5) is 22.2. The molecule has 0 aliphatic heterocycles. The van der Waals surface area contributed by atoms with Gasteiger partial charge in [0.05, 0.1) is 6.04 Å². The summed E-state index contributed by atoms with van der Waals surface area (Å²) in [7, 11) is 0. The second kappa shape index (κ2) is 9.58. The molecule has 0 aromatic carbocycles. The lowest BCUT2D eigenvalue weighted by Gasteiger charge is -2.16. The number of carboxylic acids is 1. The fourth-order valence-corrected chi connectivity index (χ4v) is 2.02. The minimum absolute atomic E-state index is 0.0786. The Labute approximate surface area is 110 Å². The number of thiol groups is 1. The Balaban J connectivity index is 4.07. The Bertz CT molecular complexity index is 253. The van der Waals surface area contributed by atoms with E-state index in [1.165, 1.54) is 0 Å². The van der Waals surface area contributed by atoms with Crippen LogP contribution < -0.4 is 11.1 Å². The van der Waals surface area contributed by atoms with E-state index in [0.29, 0.717) is 18.6 Å². The van der Waals surface area contributed by atoms with Crippen LogP contribution in [0.3, 0.4) is 0 Å². The maximum atomic E-state index is 11.4. The van der Waals surface area contributed by atoms with Crippen LogP contribution in [-0.2, 0) is 9.59 Å². The van der Waals surface area contributed by atoms with Crippen molar-refractivity contribution in [2.75, 3.05) is 18.1 Å². The summed E-state index contributed by atoms with van der Waals surface area (Å²) in [5.41, 5.74) is 5.42. The molecule has 0 heterocycles. The third kappa shape index (κ3) is 7.48. The fourth-order valence-electron chi connectivity index (χ4n) is 0.909. The van der Waals surface area contributed by atoms with E-state index in [1.54, 1.807) is 0 Å². The quantitative estimate of drug-likeness (QED) is 0.217. The number of aliphatic carboxylic acids is 1. The third-order valence-electron chi connectivity index (χ3n) is 1.87. The number of amides is 1. The van der Waals surface area contributed by atoms with Gasteiger partial charge in [-0.05, 0) is 18.6 Å². The second-order valence-corrected chi connectivity index (χ2v) is 4.90. The molecule has 0 fully saturated rings. The van der Waals surface area contributed by atoms with Crippen LogP contribution in [0.4, 0.5) is 0 Å². The van der Waals surface area contributed by atoms with Crippen LogP contribution in [0.25, 0.3) is 0 Å². The molecule has 100 valence electrons. The number of thioether (sulfide) groups is 1. The average molecular weight is 282 g/mol. The van der Waals surface area contributed by atoms with Crippen LogP contribution in [0.1, 0.15) is 12.8 Å². The van der Waals surface area contributed by atoms with Gasteiger partial charge in [-0.2, -0.15) is 12.6 Å². The van der Waals surface area contributed by atoms with Crippen molar-refractivity contribution in [1.29, 1.82) is 0 Å². The lowest BCUT2D eigenvalue weighted by Crippen LogP contribution is -2.48. The Morgan fingerprint density at radius 3 is 2.53 bits per heavy atom. The number of hydrogen-bond acceptors (Lipinski definition) is 6. The molecule has 0 aliphatic carbocycles. The molecule has 0 aliphatic rings. The van der Waals surface area contributed by atoms with Gasteiger partial charge in [0.15, 0.2) is 5.37 Å². The molecule has 2 atom stereocenters. The average Bonchev–Trinajstić information content (AvgIpc) is 2.31. The molecule has 8 heteroatoms. The Morgan fingerprint density at radius 2 is 2.06 bits per heavy atom. The Morgan fingerprint density at radius 1 is 1.41 bits per heavy atom. The van der Waals surface area contributed by atoms with Crippen LogP contribution in [0.2, 0.25) is 0 Å². The molecule has 0 saturated carbocycles. The number of hydrogen-bond donors (Lipinski definition) is 5. The number of nitrogens with two attached hydrogens (primary N) is 1. The number of carboxylic acid groups (broad SMARTS) is 1. The molecular formula is C9H18N2O4S2. The van der Waals surface area contributed by atoms with Crippen LogP contribution in [-0.4, -0.2) is 51.6 Å². The zero-order valence-corrected chi connectivity index (χ0v) is 11.0. The minimum atomic E-state index is -1.11. The van der Waals surface area contributed by atoms with E-state index in [1.807, 2.05) is 0 Å². The first-order valence-corrected chi connectivity index (χ1v) is 6.83. The maximum Gasteiger partial charge on any atom is 0.336 e. The molecule has 0 saturated heterocycles. The van der Waals surface area contributed by atoms with Gasteiger partial charge in [-0.15, -0.1) is 11.8 Å². The van der Waals surface area contributed by atoms with Gasteiger partial charge in [0.2, 0.25) is 5.91 Å². The smallest absolute Gasteiger partial charge is 0.336 e. The van der Waals surface area contributed by atoms with Gasteiger partial charge in [0, 0.05) is 12.4 Å². The summed E-state index contributed by atoms with van der Waals surface area (Å²) in [5.74, 6) is -0.929. The van der Waals surface area contributed by atoms with Crippen molar-refractivity contribution in [3.63, 3.8) is 0 Å². The fraction of sp³-hybridized carbons (Fsp3) is 0.778. The first-order chi connectivity index (χ1) is 8.02. The molecular weight excluding hydrogens is 264 g/mol. The monoisotopic (exact) mass is 282 g/mol. The van der Waals surface area contributed by atoms with Crippen molar-refractivity contribution >= 4 is 36.3 Å². The summed E-state index contributed by atoms with van der Waals surface area (Å²) in [5, 5.41) is 18.8. The topological polar surface area (TPSA) is 113 Å². The van der Waals surface area contributed by atoms with Crippen molar-refractivity contribution in [2.45, 2.75) is 24.3 Å². The predicted molar refractivity (Wildman–Crippen MR) is 70.2 cm³/mol. The molecule has 0 radical (unpaired) electrons. The van der Waals surface area contributed by atoms with Crippen LogP contribution >= 0.6 is 24.4 Å². The van der Waals surface area contributed by atoms with Crippen LogP contribution in [0.15, 0.2) is 0 Å². The van der Waals surface area contributed by atoms with Crippen LogP contribution in [0, 0.1) is 0 Å². The summed E-state index contributed by atoms with van der Waals surface area (Å²) in [6.45, 7) is 0.0786. The molecule has 0 rings (SSSR count). The van der Waals surface area contributed by atoms with Crippen molar-refractivity contribution < 1.29 is 19.8 Å². The molecule has 6 nitrogen and oxygen atoms in total. The highest BCUT2D eigenvalue weighted by atomic mass is 32.2. The highest BCUT2D eigenvalue weighted by Gasteiger charge is 2.22. The Kier molecular flexibility index (Phi) is 9.33. The zero-order valence-electron chi connectivity index (χ0n) is 9.33. The largest absolute Gasteiger partial charge is 0.479 e. The SMILES string of the molecule is NC(CS)C(=O)NC(SCCCCO)C(=O)O. The standard InChI is InChI=1S/C9H18N2O4S2/c10-6(5-16)7(13)11-8(9(14)15)17-4-2-1-3-12/h6,8,12,16H,1-5,10H2,(H,11,13)(H,14,15). The minimum Gasteiger partial charge on any atom is -0.479 e. The highest BCUT2D eigenvalue weighted by molar-refractivity contribution is 8.00. The summed E-state index contributed by atoms with van der Waals surface area (Å²) in [6.07, 6.45) is 1.31. The summed E-state index contributed by atoms with van der Waals surface area (Å²) >= 11 is 4.96. The van der Waals surface area contributed by atoms with Gasteiger partial charge in [-0.1, -0.05) is 0 Å². The summed E-state index contributed by atoms with van der Waals surface area (Å²) < 4.78 is 0. The Hall–Kier alpha value is -0.440. The van der Waals surface area contributed by atoms with Gasteiger partial charge in [0.1, 0.15) is 0 Å². The van der Waals surface area contributed by atoms with E-state index in [0.717, 1.165) is 11.8 Å². The third-order valence-corrected chi connectivity index (χ3v) is 3.44. The van der Waals surface area contributed by atoms with Gasteiger partial charge in [0.25, 0.3) is 0 Å². The number of rotatable bonds is 9. The van der Waals surface area contributed by atoms with Crippen molar-refractivity contribution in [2.24, 2.45) is 5.73 Å². The van der Waals surface area contributed by atoms with Crippen LogP contribution in [0.5, 0.6) is 0 Å². The lowest BCUT2D eigenvalue weighted by atomic mass is 10.3. The number of carbonyl (C=O) groups excluding carboxylic acids is 1. The predicted octanol–water partition coefficient (Wildman–Crippen LogP) is -0.724. The number of aliphatic hydroxyl groups is 1. The molecule has 17 heavy (non-hydrogen) atoms. The zero-order chi connectivity index (χ0) is 13.3.